The van der Waals surface area contributed by atoms with Crippen LogP contribution in [0.3, 0.4) is 0 Å². The number of thioether (sulfide) groups is 1. The summed E-state index contributed by atoms with van der Waals surface area (Å²) in [7, 11) is 0. The molecule has 0 spiro atoms. The van der Waals surface area contributed by atoms with Gasteiger partial charge in [0, 0.05) is 17.0 Å². The fourth-order valence-electron chi connectivity index (χ4n) is 1.55. The molecule has 0 saturated carbocycles. The zero-order valence-corrected chi connectivity index (χ0v) is 10.3. The zero-order chi connectivity index (χ0) is 10.8. The van der Waals surface area contributed by atoms with Crippen molar-refractivity contribution in [2.45, 2.75) is 36.9 Å². The van der Waals surface area contributed by atoms with Gasteiger partial charge in [-0.2, -0.15) is 11.8 Å². The molecule has 0 aromatic carbocycles. The first-order chi connectivity index (χ1) is 7.15. The van der Waals surface area contributed by atoms with Crippen LogP contribution in [-0.2, 0) is 0 Å². The summed E-state index contributed by atoms with van der Waals surface area (Å²) in [6.07, 6.45) is 1.14. The van der Waals surface area contributed by atoms with Gasteiger partial charge in [0.05, 0.1) is 0 Å². The molecule has 1 fully saturated rings. The second kappa shape index (κ2) is 4.61. The van der Waals surface area contributed by atoms with Crippen molar-refractivity contribution >= 4 is 29.4 Å². The molecule has 1 aliphatic rings. The maximum atomic E-state index is 5.83. The van der Waals surface area contributed by atoms with Crippen LogP contribution in [0.4, 0.5) is 6.01 Å². The van der Waals surface area contributed by atoms with Gasteiger partial charge in [0.2, 0.25) is 5.89 Å². The van der Waals surface area contributed by atoms with E-state index in [1.807, 2.05) is 18.7 Å². The van der Waals surface area contributed by atoms with Crippen molar-refractivity contribution in [1.82, 2.24) is 10.2 Å². The van der Waals surface area contributed by atoms with Gasteiger partial charge < -0.3 is 9.73 Å². The van der Waals surface area contributed by atoms with E-state index < -0.39 is 0 Å². The monoisotopic (exact) mass is 247 g/mol. The lowest BCUT2D eigenvalue weighted by Crippen LogP contribution is -2.19. The third-order valence-corrected chi connectivity index (χ3v) is 3.85. The van der Waals surface area contributed by atoms with E-state index in [0.29, 0.717) is 23.2 Å². The van der Waals surface area contributed by atoms with Crippen molar-refractivity contribution in [3.8, 4) is 0 Å². The number of aromatic nitrogens is 2. The Kier molecular flexibility index (Phi) is 3.41. The summed E-state index contributed by atoms with van der Waals surface area (Å²) in [5.74, 6) is 1.56. The Morgan fingerprint density at radius 1 is 1.60 bits per heavy atom. The number of nitrogens with zero attached hydrogens (tertiary/aromatic N) is 2. The minimum atomic E-state index is -0.232. The number of hydrogen-bond donors (Lipinski definition) is 1. The van der Waals surface area contributed by atoms with Crippen molar-refractivity contribution in [2.24, 2.45) is 0 Å². The van der Waals surface area contributed by atoms with Crippen LogP contribution in [0, 0.1) is 0 Å². The van der Waals surface area contributed by atoms with Gasteiger partial charge in [-0.05, 0) is 13.3 Å². The first-order valence-electron chi connectivity index (χ1n) is 5.00. The summed E-state index contributed by atoms with van der Waals surface area (Å²) in [5, 5.41) is 11.5. The van der Waals surface area contributed by atoms with Gasteiger partial charge >= 0.3 is 6.01 Å². The molecule has 84 valence electrons. The summed E-state index contributed by atoms with van der Waals surface area (Å²) in [6.45, 7) is 4.04. The highest BCUT2D eigenvalue weighted by Gasteiger charge is 2.23. The third-order valence-electron chi connectivity index (χ3n) is 2.31. The highest BCUT2D eigenvalue weighted by molar-refractivity contribution is 8.00. The lowest BCUT2D eigenvalue weighted by atomic mass is 10.2. The Balaban J connectivity index is 1.93. The van der Waals surface area contributed by atoms with Crippen molar-refractivity contribution < 1.29 is 4.42 Å². The first kappa shape index (κ1) is 11.1. The Bertz CT molecular complexity index is 331. The van der Waals surface area contributed by atoms with Gasteiger partial charge in [0.15, 0.2) is 0 Å². The first-order valence-corrected chi connectivity index (χ1v) is 6.49. The number of halogens is 1. The maximum absolute atomic E-state index is 5.83. The summed E-state index contributed by atoms with van der Waals surface area (Å²) < 4.78 is 5.37. The molecule has 0 radical (unpaired) electrons. The molecule has 1 aromatic heterocycles. The summed E-state index contributed by atoms with van der Waals surface area (Å²) >= 11 is 7.79. The number of hydrogen-bond acceptors (Lipinski definition) is 5. The summed E-state index contributed by atoms with van der Waals surface area (Å²) in [5.41, 5.74) is 0. The number of nitrogens with one attached hydrogen (secondary N) is 1. The SMILES string of the molecule is CC1CC(Nc2nnc(C(C)Cl)o2)CS1. The van der Waals surface area contributed by atoms with Crippen LogP contribution in [0.2, 0.25) is 0 Å². The number of anilines is 1. The molecule has 1 aliphatic heterocycles. The molecule has 15 heavy (non-hydrogen) atoms. The second-order valence-electron chi connectivity index (χ2n) is 3.78. The van der Waals surface area contributed by atoms with Gasteiger partial charge in [0.25, 0.3) is 0 Å². The molecule has 2 heterocycles. The summed E-state index contributed by atoms with van der Waals surface area (Å²) in [6, 6.07) is 0.918. The fraction of sp³-hybridized carbons (Fsp3) is 0.778. The molecule has 2 rings (SSSR count). The van der Waals surface area contributed by atoms with Crippen LogP contribution < -0.4 is 5.32 Å². The van der Waals surface area contributed by atoms with E-state index in [2.05, 4.69) is 22.4 Å². The van der Waals surface area contributed by atoms with E-state index >= 15 is 0 Å². The lowest BCUT2D eigenvalue weighted by Gasteiger charge is -2.07. The second-order valence-corrected chi connectivity index (χ2v) is 5.91. The van der Waals surface area contributed by atoms with Crippen LogP contribution in [0.5, 0.6) is 0 Å². The van der Waals surface area contributed by atoms with Gasteiger partial charge in [-0.15, -0.1) is 16.7 Å². The largest absolute Gasteiger partial charge is 0.406 e. The molecular weight excluding hydrogens is 234 g/mol. The summed E-state index contributed by atoms with van der Waals surface area (Å²) in [4.78, 5) is 0. The van der Waals surface area contributed by atoms with E-state index in [1.54, 1.807) is 0 Å². The average molecular weight is 248 g/mol. The highest BCUT2D eigenvalue weighted by atomic mass is 35.5. The molecule has 1 aromatic rings. The van der Waals surface area contributed by atoms with Crippen LogP contribution in [0.1, 0.15) is 31.5 Å². The fourth-order valence-corrected chi connectivity index (χ4v) is 2.78. The molecular formula is C9H14ClN3OS. The van der Waals surface area contributed by atoms with E-state index in [-0.39, 0.29) is 5.38 Å². The Morgan fingerprint density at radius 2 is 2.40 bits per heavy atom. The topological polar surface area (TPSA) is 51.0 Å². The standard InChI is InChI=1S/C9H14ClN3OS/c1-5-3-7(4-15-5)11-9-13-12-8(14-9)6(2)10/h5-7H,3-4H2,1-2H3,(H,11,13). The molecule has 1 saturated heterocycles. The van der Waals surface area contributed by atoms with Gasteiger partial charge in [0.1, 0.15) is 5.38 Å². The van der Waals surface area contributed by atoms with Crippen molar-refractivity contribution in [2.75, 3.05) is 11.1 Å². The van der Waals surface area contributed by atoms with Gasteiger partial charge in [-0.1, -0.05) is 12.0 Å². The zero-order valence-electron chi connectivity index (χ0n) is 8.74. The third kappa shape index (κ3) is 2.78. The van der Waals surface area contributed by atoms with E-state index in [9.17, 15) is 0 Å². The molecule has 3 atom stereocenters. The molecule has 1 N–H and O–H groups in total. The van der Waals surface area contributed by atoms with Crippen LogP contribution in [-0.4, -0.2) is 27.2 Å². The Hall–Kier alpha value is -0.420. The van der Waals surface area contributed by atoms with Crippen molar-refractivity contribution in [3.05, 3.63) is 5.89 Å². The Morgan fingerprint density at radius 3 is 2.93 bits per heavy atom. The van der Waals surface area contributed by atoms with Crippen LogP contribution >= 0.6 is 23.4 Å². The van der Waals surface area contributed by atoms with Gasteiger partial charge in [-0.3, -0.25) is 0 Å². The quantitative estimate of drug-likeness (QED) is 0.833. The molecule has 0 aliphatic carbocycles. The lowest BCUT2D eigenvalue weighted by molar-refractivity contribution is 0.500. The minimum Gasteiger partial charge on any atom is -0.406 e. The molecule has 6 heteroatoms. The van der Waals surface area contributed by atoms with E-state index in [0.717, 1.165) is 12.2 Å². The average Bonchev–Trinajstić information content (AvgIpc) is 2.76. The Labute approximate surface area is 98.2 Å². The van der Waals surface area contributed by atoms with E-state index in [4.69, 9.17) is 16.0 Å². The van der Waals surface area contributed by atoms with Crippen LogP contribution in [0.15, 0.2) is 4.42 Å². The normalized spacial score (nSPS) is 27.9. The molecule has 0 amide bonds. The van der Waals surface area contributed by atoms with E-state index in [1.165, 1.54) is 0 Å². The predicted molar refractivity (Wildman–Crippen MR) is 62.5 cm³/mol. The smallest absolute Gasteiger partial charge is 0.315 e. The number of rotatable bonds is 3. The van der Waals surface area contributed by atoms with Crippen molar-refractivity contribution in [3.63, 3.8) is 0 Å². The predicted octanol–water partition coefficient (Wildman–Crippen LogP) is 2.68. The van der Waals surface area contributed by atoms with Crippen molar-refractivity contribution in [1.29, 1.82) is 0 Å². The van der Waals surface area contributed by atoms with Gasteiger partial charge in [-0.25, -0.2) is 0 Å². The minimum absolute atomic E-state index is 0.232. The molecule has 3 unspecified atom stereocenters. The maximum Gasteiger partial charge on any atom is 0.315 e. The molecule has 0 bridgehead atoms. The molecule has 4 nitrogen and oxygen atoms in total. The number of alkyl halides is 1. The highest BCUT2D eigenvalue weighted by Crippen LogP contribution is 2.28. The van der Waals surface area contributed by atoms with Crippen LogP contribution in [0.25, 0.3) is 0 Å².